The number of benzene rings is 1. The van der Waals surface area contributed by atoms with Gasteiger partial charge in [0.2, 0.25) is 0 Å². The Morgan fingerprint density at radius 1 is 1.19 bits per heavy atom. The van der Waals surface area contributed by atoms with Crippen LogP contribution in [0.4, 0.5) is 5.69 Å². The van der Waals surface area contributed by atoms with Crippen LogP contribution in [0.15, 0.2) is 24.3 Å². The Hall–Kier alpha value is -1.59. The molecule has 146 valence electrons. The maximum absolute atomic E-state index is 12.6. The summed E-state index contributed by atoms with van der Waals surface area (Å²) in [7, 11) is 1.58. The maximum atomic E-state index is 12.6. The number of rotatable bonds is 9. The van der Waals surface area contributed by atoms with Gasteiger partial charge in [0.05, 0.1) is 0 Å². The van der Waals surface area contributed by atoms with E-state index in [0.717, 1.165) is 18.0 Å². The quantitative estimate of drug-likeness (QED) is 0.723. The number of nitrogens with one attached hydrogen (secondary N) is 1. The minimum atomic E-state index is -0.822. The number of amides is 1. The number of hydrogen-bond donors (Lipinski definition) is 1. The second-order valence-electron chi connectivity index (χ2n) is 7.76. The normalized spacial score (nSPS) is 17.7. The molecular weight excluding hydrogens is 328 g/mol. The lowest BCUT2D eigenvalue weighted by molar-refractivity contribution is -0.137. The standard InChI is InChI=1S/C21H34N2O3/c1-17(2)16-21(3,25-4)20(24)22-18-8-10-19(11-9-18)26-15-14-23-12-6-5-7-13-23/h8-11,17H,5-7,12-16H2,1-4H3,(H,22,24). The van der Waals surface area contributed by atoms with E-state index in [1.165, 1.54) is 32.4 Å². The third-order valence-corrected chi connectivity index (χ3v) is 4.97. The zero-order valence-corrected chi connectivity index (χ0v) is 16.7. The third kappa shape index (κ3) is 6.29. The molecule has 5 heteroatoms. The van der Waals surface area contributed by atoms with Gasteiger partial charge in [-0.1, -0.05) is 20.3 Å². The molecule has 1 saturated heterocycles. The SMILES string of the molecule is COC(C)(CC(C)C)C(=O)Nc1ccc(OCCN2CCCCC2)cc1. The Morgan fingerprint density at radius 2 is 1.85 bits per heavy atom. The van der Waals surface area contributed by atoms with Gasteiger partial charge in [-0.05, 0) is 69.5 Å². The number of likely N-dealkylation sites (tertiary alicyclic amines) is 1. The van der Waals surface area contributed by atoms with Crippen molar-refractivity contribution < 1.29 is 14.3 Å². The minimum Gasteiger partial charge on any atom is -0.492 e. The van der Waals surface area contributed by atoms with Crippen molar-refractivity contribution >= 4 is 11.6 Å². The molecule has 0 radical (unpaired) electrons. The van der Waals surface area contributed by atoms with Gasteiger partial charge >= 0.3 is 0 Å². The first kappa shape index (κ1) is 20.7. The summed E-state index contributed by atoms with van der Waals surface area (Å²) < 4.78 is 11.3. The minimum absolute atomic E-state index is 0.118. The van der Waals surface area contributed by atoms with Crippen LogP contribution >= 0.6 is 0 Å². The van der Waals surface area contributed by atoms with Gasteiger partial charge in [-0.15, -0.1) is 0 Å². The van der Waals surface area contributed by atoms with Crippen molar-refractivity contribution in [2.75, 3.05) is 38.7 Å². The van der Waals surface area contributed by atoms with Gasteiger partial charge in [0.1, 0.15) is 18.0 Å². The lowest BCUT2D eigenvalue weighted by Gasteiger charge is -2.28. The van der Waals surface area contributed by atoms with Crippen molar-refractivity contribution in [3.63, 3.8) is 0 Å². The van der Waals surface area contributed by atoms with E-state index in [1.807, 2.05) is 31.2 Å². The van der Waals surface area contributed by atoms with E-state index in [0.29, 0.717) is 18.9 Å². The smallest absolute Gasteiger partial charge is 0.256 e. The summed E-state index contributed by atoms with van der Waals surface area (Å²) in [5.74, 6) is 1.09. The van der Waals surface area contributed by atoms with Crippen molar-refractivity contribution in [3.8, 4) is 5.75 Å². The van der Waals surface area contributed by atoms with Crippen LogP contribution in [0.2, 0.25) is 0 Å². The molecule has 1 aliphatic rings. The molecule has 1 unspecified atom stereocenters. The van der Waals surface area contributed by atoms with Crippen molar-refractivity contribution in [1.29, 1.82) is 0 Å². The first-order valence-electron chi connectivity index (χ1n) is 9.75. The van der Waals surface area contributed by atoms with Crippen LogP contribution in [-0.4, -0.2) is 49.8 Å². The molecule has 1 atom stereocenters. The molecule has 1 aromatic rings. The average Bonchev–Trinajstić information content (AvgIpc) is 2.63. The number of carbonyl (C=O) groups is 1. The average molecular weight is 363 g/mol. The summed E-state index contributed by atoms with van der Waals surface area (Å²) in [5, 5.41) is 2.95. The first-order chi connectivity index (χ1) is 12.4. The second-order valence-corrected chi connectivity index (χ2v) is 7.76. The van der Waals surface area contributed by atoms with E-state index in [9.17, 15) is 4.79 Å². The van der Waals surface area contributed by atoms with E-state index in [4.69, 9.17) is 9.47 Å². The van der Waals surface area contributed by atoms with Gasteiger partial charge < -0.3 is 14.8 Å². The highest BCUT2D eigenvalue weighted by Gasteiger charge is 2.33. The largest absolute Gasteiger partial charge is 0.492 e. The van der Waals surface area contributed by atoms with Crippen LogP contribution in [0.1, 0.15) is 46.5 Å². The highest BCUT2D eigenvalue weighted by Crippen LogP contribution is 2.23. The van der Waals surface area contributed by atoms with Crippen molar-refractivity contribution in [3.05, 3.63) is 24.3 Å². The van der Waals surface area contributed by atoms with E-state index in [1.54, 1.807) is 7.11 Å². The summed E-state index contributed by atoms with van der Waals surface area (Å²) in [6.07, 6.45) is 4.62. The molecule has 1 aliphatic heterocycles. The Bertz CT molecular complexity index is 553. The molecule has 0 spiro atoms. The number of ether oxygens (including phenoxy) is 2. The number of hydrogen-bond acceptors (Lipinski definition) is 4. The molecule has 1 heterocycles. The van der Waals surface area contributed by atoms with Crippen molar-refractivity contribution in [2.24, 2.45) is 5.92 Å². The van der Waals surface area contributed by atoms with Gasteiger partial charge in [-0.3, -0.25) is 9.69 Å². The lowest BCUT2D eigenvalue weighted by Crippen LogP contribution is -2.43. The summed E-state index contributed by atoms with van der Waals surface area (Å²) in [6.45, 7) is 10.0. The second kappa shape index (κ2) is 9.93. The molecular formula is C21H34N2O3. The monoisotopic (exact) mass is 362 g/mol. The van der Waals surface area contributed by atoms with Crippen molar-refractivity contribution in [2.45, 2.75) is 52.1 Å². The first-order valence-corrected chi connectivity index (χ1v) is 9.75. The number of anilines is 1. The van der Waals surface area contributed by atoms with Gasteiger partial charge in [-0.2, -0.15) is 0 Å². The van der Waals surface area contributed by atoms with E-state index in [-0.39, 0.29) is 5.91 Å². The fourth-order valence-corrected chi connectivity index (χ4v) is 3.42. The van der Waals surface area contributed by atoms with Gasteiger partial charge in [0.15, 0.2) is 0 Å². The lowest BCUT2D eigenvalue weighted by atomic mass is 9.93. The topological polar surface area (TPSA) is 50.8 Å². The summed E-state index contributed by atoms with van der Waals surface area (Å²) in [6, 6.07) is 7.55. The highest BCUT2D eigenvalue weighted by molar-refractivity contribution is 5.97. The van der Waals surface area contributed by atoms with Crippen LogP contribution in [0.5, 0.6) is 5.75 Å². The van der Waals surface area contributed by atoms with Crippen LogP contribution in [0, 0.1) is 5.92 Å². The molecule has 1 amide bonds. The molecule has 0 bridgehead atoms. The Balaban J connectivity index is 1.81. The zero-order chi connectivity index (χ0) is 19.0. The molecule has 0 saturated carbocycles. The molecule has 26 heavy (non-hydrogen) atoms. The number of piperidine rings is 1. The number of nitrogens with zero attached hydrogens (tertiary/aromatic N) is 1. The number of carbonyl (C=O) groups excluding carboxylic acids is 1. The Morgan fingerprint density at radius 3 is 2.42 bits per heavy atom. The van der Waals surface area contributed by atoms with Crippen LogP contribution in [-0.2, 0) is 9.53 Å². The molecule has 1 N–H and O–H groups in total. The van der Waals surface area contributed by atoms with E-state index >= 15 is 0 Å². The fourth-order valence-electron chi connectivity index (χ4n) is 3.42. The Kier molecular flexibility index (Phi) is 7.91. The van der Waals surface area contributed by atoms with Crippen molar-refractivity contribution in [1.82, 2.24) is 4.90 Å². The van der Waals surface area contributed by atoms with Gasteiger partial charge in [0, 0.05) is 19.3 Å². The van der Waals surface area contributed by atoms with Gasteiger partial charge in [-0.25, -0.2) is 0 Å². The van der Waals surface area contributed by atoms with Crippen LogP contribution in [0.3, 0.4) is 0 Å². The number of methoxy groups -OCH3 is 1. The van der Waals surface area contributed by atoms with Crippen LogP contribution < -0.4 is 10.1 Å². The molecule has 0 aliphatic carbocycles. The van der Waals surface area contributed by atoms with E-state index < -0.39 is 5.60 Å². The third-order valence-electron chi connectivity index (χ3n) is 4.97. The highest BCUT2D eigenvalue weighted by atomic mass is 16.5. The predicted octanol–water partition coefficient (Wildman–Crippen LogP) is 3.94. The Labute approximate surface area is 158 Å². The molecule has 0 aromatic heterocycles. The molecule has 5 nitrogen and oxygen atoms in total. The fraction of sp³-hybridized carbons (Fsp3) is 0.667. The molecule has 1 aromatic carbocycles. The zero-order valence-electron chi connectivity index (χ0n) is 16.7. The maximum Gasteiger partial charge on any atom is 0.256 e. The summed E-state index contributed by atoms with van der Waals surface area (Å²) in [4.78, 5) is 15.0. The molecule has 2 rings (SSSR count). The van der Waals surface area contributed by atoms with Gasteiger partial charge in [0.25, 0.3) is 5.91 Å². The van der Waals surface area contributed by atoms with E-state index in [2.05, 4.69) is 24.1 Å². The summed E-state index contributed by atoms with van der Waals surface area (Å²) in [5.41, 5.74) is -0.0666. The summed E-state index contributed by atoms with van der Waals surface area (Å²) >= 11 is 0. The predicted molar refractivity (Wildman–Crippen MR) is 106 cm³/mol. The molecule has 1 fully saturated rings. The van der Waals surface area contributed by atoms with Crippen LogP contribution in [0.25, 0.3) is 0 Å².